The first-order chi connectivity index (χ1) is 9.99. The molecule has 5 heteroatoms. The Bertz CT molecular complexity index is 512. The number of Topliss-reactive ketones (excluding diaryl/α,β-unsaturated/α-hetero) is 1. The molecule has 116 valence electrons. The Kier molecular flexibility index (Phi) is 5.53. The van der Waals surface area contributed by atoms with Crippen LogP contribution in [0, 0.1) is 5.92 Å². The number of nitrogens with one attached hydrogen (secondary N) is 1. The van der Waals surface area contributed by atoms with Gasteiger partial charge in [-0.25, -0.2) is 0 Å². The molecule has 2 heterocycles. The summed E-state index contributed by atoms with van der Waals surface area (Å²) in [4.78, 5) is 25.9. The lowest BCUT2D eigenvalue weighted by Crippen LogP contribution is -2.39. The lowest BCUT2D eigenvalue weighted by atomic mass is 9.98. The second-order valence-electron chi connectivity index (χ2n) is 5.93. The molecule has 4 nitrogen and oxygen atoms in total. The number of rotatable bonds is 6. The van der Waals surface area contributed by atoms with E-state index in [1.165, 1.54) is 16.9 Å². The van der Waals surface area contributed by atoms with Gasteiger partial charge in [-0.2, -0.15) is 0 Å². The van der Waals surface area contributed by atoms with E-state index in [9.17, 15) is 9.59 Å². The number of ketones is 1. The van der Waals surface area contributed by atoms with E-state index in [1.54, 1.807) is 13.8 Å². The number of thiophene rings is 1. The maximum absolute atomic E-state index is 11.4. The molecule has 0 saturated carbocycles. The van der Waals surface area contributed by atoms with Crippen molar-refractivity contribution in [1.82, 2.24) is 10.2 Å². The average Bonchev–Trinajstić information content (AvgIpc) is 2.98. The maximum Gasteiger partial charge on any atom is 0.217 e. The molecule has 2 rings (SSSR count). The van der Waals surface area contributed by atoms with Crippen molar-refractivity contribution in [3.05, 3.63) is 21.9 Å². The van der Waals surface area contributed by atoms with E-state index in [1.807, 2.05) is 6.07 Å². The predicted molar refractivity (Wildman–Crippen MR) is 85.6 cm³/mol. The third kappa shape index (κ3) is 4.38. The first-order valence-corrected chi connectivity index (χ1v) is 8.45. The Morgan fingerprint density at radius 3 is 2.71 bits per heavy atom. The van der Waals surface area contributed by atoms with Crippen LogP contribution in [0.3, 0.4) is 0 Å². The highest BCUT2D eigenvalue weighted by Gasteiger charge is 2.32. The Balaban J connectivity index is 1.97. The van der Waals surface area contributed by atoms with Crippen molar-refractivity contribution in [3.63, 3.8) is 0 Å². The predicted octanol–water partition coefficient (Wildman–Crippen LogP) is 2.69. The Labute approximate surface area is 130 Å². The summed E-state index contributed by atoms with van der Waals surface area (Å²) in [5.74, 6) is 0.717. The summed E-state index contributed by atoms with van der Waals surface area (Å²) in [6.07, 6.45) is 2.28. The van der Waals surface area contributed by atoms with Gasteiger partial charge in [0.1, 0.15) is 0 Å². The topological polar surface area (TPSA) is 49.4 Å². The second kappa shape index (κ2) is 7.18. The second-order valence-corrected chi connectivity index (χ2v) is 6.84. The van der Waals surface area contributed by atoms with Crippen LogP contribution in [0.25, 0.3) is 0 Å². The molecule has 0 radical (unpaired) electrons. The Morgan fingerprint density at radius 1 is 1.38 bits per heavy atom. The molecule has 1 aliphatic heterocycles. The number of hydrogen-bond donors (Lipinski definition) is 1. The van der Waals surface area contributed by atoms with Gasteiger partial charge in [-0.15, -0.1) is 11.3 Å². The fourth-order valence-electron chi connectivity index (χ4n) is 3.08. The van der Waals surface area contributed by atoms with Crippen LogP contribution in [-0.2, 0) is 11.3 Å². The minimum atomic E-state index is 0.0531. The van der Waals surface area contributed by atoms with Crippen molar-refractivity contribution in [2.75, 3.05) is 13.1 Å². The van der Waals surface area contributed by atoms with Crippen LogP contribution in [0.2, 0.25) is 0 Å². The first kappa shape index (κ1) is 16.2. The van der Waals surface area contributed by atoms with E-state index < -0.39 is 0 Å². The van der Waals surface area contributed by atoms with Gasteiger partial charge in [-0.3, -0.25) is 14.5 Å². The van der Waals surface area contributed by atoms with Crippen molar-refractivity contribution < 1.29 is 9.59 Å². The summed E-state index contributed by atoms with van der Waals surface area (Å²) in [5, 5.41) is 5.15. The molecule has 0 aliphatic carbocycles. The molecule has 1 amide bonds. The minimum Gasteiger partial charge on any atom is -0.352 e. The standard InChI is InChI=1S/C16H24N2O2S/c1-4-5-14-8-18(9-15(14)17-12(3)20)7-13-6-16(11(2)19)21-10-13/h6,10,14-15H,4-5,7-9H2,1-3H3,(H,17,20)/t14-,15-/m1/s1. The number of hydrogen-bond acceptors (Lipinski definition) is 4. The lowest BCUT2D eigenvalue weighted by molar-refractivity contribution is -0.119. The molecule has 0 unspecified atom stereocenters. The molecular weight excluding hydrogens is 284 g/mol. The molecule has 1 N–H and O–H groups in total. The zero-order valence-electron chi connectivity index (χ0n) is 13.0. The van der Waals surface area contributed by atoms with E-state index in [4.69, 9.17) is 0 Å². The number of nitrogens with zero attached hydrogens (tertiary/aromatic N) is 1. The molecule has 1 aromatic heterocycles. The van der Waals surface area contributed by atoms with Crippen molar-refractivity contribution in [2.24, 2.45) is 5.92 Å². The molecule has 1 aliphatic rings. The molecule has 0 bridgehead atoms. The molecule has 21 heavy (non-hydrogen) atoms. The fourth-order valence-corrected chi connectivity index (χ4v) is 3.89. The molecular formula is C16H24N2O2S. The van der Waals surface area contributed by atoms with Gasteiger partial charge in [0, 0.05) is 32.6 Å². The van der Waals surface area contributed by atoms with Crippen molar-refractivity contribution >= 4 is 23.0 Å². The maximum atomic E-state index is 11.4. The zero-order chi connectivity index (χ0) is 15.4. The van der Waals surface area contributed by atoms with E-state index in [0.717, 1.165) is 37.4 Å². The highest BCUT2D eigenvalue weighted by Crippen LogP contribution is 2.25. The Morgan fingerprint density at radius 2 is 2.14 bits per heavy atom. The van der Waals surface area contributed by atoms with E-state index in [0.29, 0.717) is 5.92 Å². The number of likely N-dealkylation sites (tertiary alicyclic amines) is 1. The summed E-state index contributed by atoms with van der Waals surface area (Å²) in [6, 6.07) is 2.25. The van der Waals surface area contributed by atoms with Gasteiger partial charge in [0.25, 0.3) is 0 Å². The molecule has 0 aromatic carbocycles. The van der Waals surface area contributed by atoms with Gasteiger partial charge in [0.2, 0.25) is 5.91 Å². The summed E-state index contributed by atoms with van der Waals surface area (Å²) >= 11 is 1.52. The quantitative estimate of drug-likeness (QED) is 0.822. The Hall–Kier alpha value is -1.20. The van der Waals surface area contributed by atoms with E-state index >= 15 is 0 Å². The molecule has 1 saturated heterocycles. The van der Waals surface area contributed by atoms with Gasteiger partial charge in [0.05, 0.1) is 4.88 Å². The van der Waals surface area contributed by atoms with Crippen LogP contribution in [0.1, 0.15) is 48.8 Å². The summed E-state index contributed by atoms with van der Waals surface area (Å²) in [7, 11) is 0. The van der Waals surface area contributed by atoms with Crippen molar-refractivity contribution in [1.29, 1.82) is 0 Å². The highest BCUT2D eigenvalue weighted by molar-refractivity contribution is 7.12. The van der Waals surface area contributed by atoms with E-state index in [2.05, 4.69) is 22.5 Å². The van der Waals surface area contributed by atoms with Crippen LogP contribution in [0.4, 0.5) is 0 Å². The SMILES string of the molecule is CCC[C@@H]1CN(Cc2csc(C(C)=O)c2)C[C@H]1NC(C)=O. The molecule has 1 fully saturated rings. The smallest absolute Gasteiger partial charge is 0.217 e. The molecule has 1 aromatic rings. The third-order valence-corrected chi connectivity index (χ3v) is 5.05. The van der Waals surface area contributed by atoms with Gasteiger partial charge in [-0.1, -0.05) is 13.3 Å². The number of carbonyl (C=O) groups is 2. The largest absolute Gasteiger partial charge is 0.352 e. The molecule has 2 atom stereocenters. The van der Waals surface area contributed by atoms with Crippen LogP contribution < -0.4 is 5.32 Å². The van der Waals surface area contributed by atoms with Gasteiger partial charge < -0.3 is 5.32 Å². The van der Waals surface area contributed by atoms with Gasteiger partial charge in [-0.05, 0) is 36.3 Å². The van der Waals surface area contributed by atoms with Crippen molar-refractivity contribution in [2.45, 2.75) is 46.2 Å². The summed E-state index contributed by atoms with van der Waals surface area (Å²) < 4.78 is 0. The highest BCUT2D eigenvalue weighted by atomic mass is 32.1. The van der Waals surface area contributed by atoms with Crippen LogP contribution in [0.15, 0.2) is 11.4 Å². The van der Waals surface area contributed by atoms with Crippen LogP contribution in [0.5, 0.6) is 0 Å². The van der Waals surface area contributed by atoms with Gasteiger partial charge in [0.15, 0.2) is 5.78 Å². The van der Waals surface area contributed by atoms with E-state index in [-0.39, 0.29) is 17.7 Å². The van der Waals surface area contributed by atoms with Crippen LogP contribution >= 0.6 is 11.3 Å². The number of carbonyl (C=O) groups excluding carboxylic acids is 2. The van der Waals surface area contributed by atoms with Gasteiger partial charge >= 0.3 is 0 Å². The lowest BCUT2D eigenvalue weighted by Gasteiger charge is -2.18. The first-order valence-electron chi connectivity index (χ1n) is 7.57. The molecule has 0 spiro atoms. The number of amides is 1. The average molecular weight is 308 g/mol. The summed E-state index contributed by atoms with van der Waals surface area (Å²) in [5.41, 5.74) is 1.20. The zero-order valence-corrected chi connectivity index (χ0v) is 13.8. The normalized spacial score (nSPS) is 22.4. The third-order valence-electron chi connectivity index (χ3n) is 3.97. The van der Waals surface area contributed by atoms with Crippen LogP contribution in [-0.4, -0.2) is 35.7 Å². The minimum absolute atomic E-state index is 0.0531. The fraction of sp³-hybridized carbons (Fsp3) is 0.625. The van der Waals surface area contributed by atoms with Crippen molar-refractivity contribution in [3.8, 4) is 0 Å². The monoisotopic (exact) mass is 308 g/mol. The summed E-state index contributed by atoms with van der Waals surface area (Å²) in [6.45, 7) is 8.16.